The van der Waals surface area contributed by atoms with Gasteiger partial charge in [-0.25, -0.2) is 9.18 Å². The number of anilines is 1. The van der Waals surface area contributed by atoms with Crippen LogP contribution in [0.15, 0.2) is 18.2 Å². The van der Waals surface area contributed by atoms with Crippen molar-refractivity contribution in [3.8, 4) is 0 Å². The zero-order chi connectivity index (χ0) is 13.5. The highest BCUT2D eigenvalue weighted by molar-refractivity contribution is 5.94. The molecule has 0 aromatic heterocycles. The number of benzene rings is 1. The van der Waals surface area contributed by atoms with Crippen LogP contribution in [-0.4, -0.2) is 30.1 Å². The lowest BCUT2D eigenvalue weighted by Gasteiger charge is -2.07. The van der Waals surface area contributed by atoms with Gasteiger partial charge in [-0.2, -0.15) is 0 Å². The molecule has 98 valence electrons. The Morgan fingerprint density at radius 3 is 2.72 bits per heavy atom. The number of carbonyl (C=O) groups is 2. The second-order valence-corrected chi connectivity index (χ2v) is 3.72. The number of halogens is 1. The molecule has 6 heteroatoms. The SMILES string of the molecule is CCCNCC(=O)Nc1cc(C(=O)O)ccc1F. The van der Waals surface area contributed by atoms with E-state index in [1.165, 1.54) is 0 Å². The highest BCUT2D eigenvalue weighted by Crippen LogP contribution is 2.16. The fraction of sp³-hybridized carbons (Fsp3) is 0.333. The number of carboxylic acids is 1. The molecule has 1 aromatic rings. The van der Waals surface area contributed by atoms with E-state index in [-0.39, 0.29) is 17.8 Å². The number of carbonyl (C=O) groups excluding carboxylic acids is 1. The van der Waals surface area contributed by atoms with Gasteiger partial charge in [0.25, 0.3) is 0 Å². The van der Waals surface area contributed by atoms with Crippen LogP contribution in [0.25, 0.3) is 0 Å². The molecule has 0 unspecified atom stereocenters. The van der Waals surface area contributed by atoms with Gasteiger partial charge in [0, 0.05) is 0 Å². The molecule has 1 aromatic carbocycles. The third-order valence-electron chi connectivity index (χ3n) is 2.20. The monoisotopic (exact) mass is 254 g/mol. The molecule has 0 bridgehead atoms. The van der Waals surface area contributed by atoms with Crippen LogP contribution in [0.1, 0.15) is 23.7 Å². The number of rotatable bonds is 6. The van der Waals surface area contributed by atoms with Crippen LogP contribution in [0.3, 0.4) is 0 Å². The Morgan fingerprint density at radius 1 is 1.39 bits per heavy atom. The van der Waals surface area contributed by atoms with E-state index in [0.29, 0.717) is 6.54 Å². The first-order chi connectivity index (χ1) is 8.54. The van der Waals surface area contributed by atoms with E-state index in [1.807, 2.05) is 6.92 Å². The average Bonchev–Trinajstić information content (AvgIpc) is 2.32. The van der Waals surface area contributed by atoms with Crippen LogP contribution in [0.4, 0.5) is 10.1 Å². The Labute approximate surface area is 104 Å². The van der Waals surface area contributed by atoms with Crippen LogP contribution >= 0.6 is 0 Å². The summed E-state index contributed by atoms with van der Waals surface area (Å²) in [5.41, 5.74) is -0.202. The maximum absolute atomic E-state index is 13.4. The van der Waals surface area contributed by atoms with E-state index in [9.17, 15) is 14.0 Å². The summed E-state index contributed by atoms with van der Waals surface area (Å²) in [4.78, 5) is 22.1. The highest BCUT2D eigenvalue weighted by Gasteiger charge is 2.10. The molecule has 0 aliphatic carbocycles. The third kappa shape index (κ3) is 4.14. The van der Waals surface area contributed by atoms with Gasteiger partial charge in [0.05, 0.1) is 17.8 Å². The molecule has 0 saturated carbocycles. The molecule has 3 N–H and O–H groups in total. The minimum atomic E-state index is -1.17. The summed E-state index contributed by atoms with van der Waals surface area (Å²) in [5, 5.41) is 13.9. The topological polar surface area (TPSA) is 78.4 Å². The van der Waals surface area contributed by atoms with Gasteiger partial charge >= 0.3 is 5.97 Å². The Bertz CT molecular complexity index is 449. The van der Waals surface area contributed by atoms with Gasteiger partial charge in [-0.3, -0.25) is 4.79 Å². The summed E-state index contributed by atoms with van der Waals surface area (Å²) in [5.74, 6) is -2.25. The second-order valence-electron chi connectivity index (χ2n) is 3.72. The lowest BCUT2D eigenvalue weighted by molar-refractivity contribution is -0.115. The number of carboxylic acid groups (broad SMARTS) is 1. The predicted octanol–water partition coefficient (Wildman–Crippen LogP) is 1.46. The minimum Gasteiger partial charge on any atom is -0.478 e. The number of nitrogens with one attached hydrogen (secondary N) is 2. The Hall–Kier alpha value is -1.95. The Kier molecular flexibility index (Phi) is 5.26. The summed E-state index contributed by atoms with van der Waals surface area (Å²) in [6.45, 7) is 2.70. The van der Waals surface area contributed by atoms with Gasteiger partial charge in [0.1, 0.15) is 5.82 Å². The Morgan fingerprint density at radius 2 is 2.11 bits per heavy atom. The largest absolute Gasteiger partial charge is 0.478 e. The predicted molar refractivity (Wildman–Crippen MR) is 65.1 cm³/mol. The second kappa shape index (κ2) is 6.70. The standard InChI is InChI=1S/C12H15FN2O3/c1-2-5-14-7-11(16)15-10-6-8(12(17)18)3-4-9(10)13/h3-4,6,14H,2,5,7H2,1H3,(H,15,16)(H,17,18). The highest BCUT2D eigenvalue weighted by atomic mass is 19.1. The number of aromatic carboxylic acids is 1. The lowest BCUT2D eigenvalue weighted by atomic mass is 10.2. The molecule has 0 aliphatic heterocycles. The number of amides is 1. The van der Waals surface area contributed by atoms with Crippen molar-refractivity contribution in [3.63, 3.8) is 0 Å². The molecule has 0 fully saturated rings. The van der Waals surface area contributed by atoms with E-state index in [2.05, 4.69) is 10.6 Å². The van der Waals surface area contributed by atoms with Crippen LogP contribution in [0, 0.1) is 5.82 Å². The first-order valence-electron chi connectivity index (χ1n) is 5.58. The third-order valence-corrected chi connectivity index (χ3v) is 2.20. The first kappa shape index (κ1) is 14.1. The smallest absolute Gasteiger partial charge is 0.335 e. The van der Waals surface area contributed by atoms with Gasteiger partial charge in [-0.1, -0.05) is 6.92 Å². The summed E-state index contributed by atoms with van der Waals surface area (Å²) in [7, 11) is 0. The molecule has 18 heavy (non-hydrogen) atoms. The van der Waals surface area contributed by atoms with Crippen molar-refractivity contribution in [2.24, 2.45) is 0 Å². The molecule has 5 nitrogen and oxygen atoms in total. The van der Waals surface area contributed by atoms with E-state index in [4.69, 9.17) is 5.11 Å². The number of hydrogen-bond acceptors (Lipinski definition) is 3. The van der Waals surface area contributed by atoms with Gasteiger partial charge in [-0.05, 0) is 31.2 Å². The molecule has 0 aliphatic rings. The van der Waals surface area contributed by atoms with E-state index < -0.39 is 17.7 Å². The molecule has 1 amide bonds. The van der Waals surface area contributed by atoms with Crippen molar-refractivity contribution in [3.05, 3.63) is 29.6 Å². The van der Waals surface area contributed by atoms with Crippen molar-refractivity contribution in [1.82, 2.24) is 5.32 Å². The Balaban J connectivity index is 2.68. The van der Waals surface area contributed by atoms with Crippen LogP contribution in [0.2, 0.25) is 0 Å². The normalized spacial score (nSPS) is 10.1. The van der Waals surface area contributed by atoms with Gasteiger partial charge in [0.2, 0.25) is 5.91 Å². The molecule has 0 radical (unpaired) electrons. The molecule has 0 heterocycles. The van der Waals surface area contributed by atoms with E-state index >= 15 is 0 Å². The van der Waals surface area contributed by atoms with E-state index in [1.54, 1.807) is 0 Å². The zero-order valence-corrected chi connectivity index (χ0v) is 10.00. The van der Waals surface area contributed by atoms with Crippen LogP contribution in [-0.2, 0) is 4.79 Å². The van der Waals surface area contributed by atoms with Crippen molar-refractivity contribution in [2.75, 3.05) is 18.4 Å². The zero-order valence-electron chi connectivity index (χ0n) is 10.00. The molecule has 0 atom stereocenters. The summed E-state index contributed by atoms with van der Waals surface area (Å²) < 4.78 is 13.4. The first-order valence-corrected chi connectivity index (χ1v) is 5.58. The molecule has 1 rings (SSSR count). The van der Waals surface area contributed by atoms with Crippen molar-refractivity contribution in [2.45, 2.75) is 13.3 Å². The molecule has 0 spiro atoms. The molecule has 0 saturated heterocycles. The average molecular weight is 254 g/mol. The summed E-state index contributed by atoms with van der Waals surface area (Å²) in [6.07, 6.45) is 0.885. The van der Waals surface area contributed by atoms with Gasteiger partial charge in [-0.15, -0.1) is 0 Å². The maximum atomic E-state index is 13.4. The molecular formula is C12H15FN2O3. The summed E-state index contributed by atoms with van der Waals surface area (Å²) >= 11 is 0. The number of hydrogen-bond donors (Lipinski definition) is 3. The quantitative estimate of drug-likeness (QED) is 0.672. The van der Waals surface area contributed by atoms with Gasteiger partial charge in [0.15, 0.2) is 0 Å². The van der Waals surface area contributed by atoms with Crippen molar-refractivity contribution >= 4 is 17.6 Å². The van der Waals surface area contributed by atoms with Gasteiger partial charge < -0.3 is 15.7 Å². The van der Waals surface area contributed by atoms with Crippen LogP contribution in [0.5, 0.6) is 0 Å². The maximum Gasteiger partial charge on any atom is 0.335 e. The van der Waals surface area contributed by atoms with Crippen molar-refractivity contribution < 1.29 is 19.1 Å². The lowest BCUT2D eigenvalue weighted by Crippen LogP contribution is -2.28. The van der Waals surface area contributed by atoms with Crippen LogP contribution < -0.4 is 10.6 Å². The molecular weight excluding hydrogens is 239 g/mol. The fourth-order valence-corrected chi connectivity index (χ4v) is 1.33. The fourth-order valence-electron chi connectivity index (χ4n) is 1.33. The van der Waals surface area contributed by atoms with E-state index in [0.717, 1.165) is 24.6 Å². The summed E-state index contributed by atoms with van der Waals surface area (Å²) in [6, 6.07) is 3.25. The van der Waals surface area contributed by atoms with Crippen molar-refractivity contribution in [1.29, 1.82) is 0 Å². The minimum absolute atomic E-state index is 0.0601.